The van der Waals surface area contributed by atoms with Gasteiger partial charge in [0.05, 0.1) is 44.2 Å². The van der Waals surface area contributed by atoms with E-state index in [1.807, 2.05) is 0 Å². The highest BCUT2D eigenvalue weighted by atomic mass is 35.5. The van der Waals surface area contributed by atoms with Crippen LogP contribution >= 0.6 is 23.2 Å². The Balaban J connectivity index is 1.37. The van der Waals surface area contributed by atoms with Gasteiger partial charge >= 0.3 is 0 Å². The number of benzene rings is 6. The molecule has 0 amide bonds. The monoisotopic (exact) mass is 798 g/mol. The van der Waals surface area contributed by atoms with E-state index < -0.39 is 0 Å². The van der Waals surface area contributed by atoms with E-state index in [1.165, 1.54) is 11.4 Å². The summed E-state index contributed by atoms with van der Waals surface area (Å²) in [6, 6.07) is 47.2. The Labute approximate surface area is 351 Å². The summed E-state index contributed by atoms with van der Waals surface area (Å²) < 4.78 is 0. The number of hydrogen-bond acceptors (Lipinski definition) is 6. The molecule has 0 fully saturated rings. The van der Waals surface area contributed by atoms with Crippen molar-refractivity contribution >= 4 is 80.1 Å². The van der Waals surface area contributed by atoms with Crippen molar-refractivity contribution in [2.45, 2.75) is 34.1 Å². The van der Waals surface area contributed by atoms with E-state index in [0.29, 0.717) is 16.5 Å². The van der Waals surface area contributed by atoms with E-state index in [1.54, 1.807) is 0 Å². The first kappa shape index (κ1) is 41.3. The van der Waals surface area contributed by atoms with E-state index in [-0.39, 0.29) is 0 Å². The van der Waals surface area contributed by atoms with E-state index in [4.69, 9.17) is 23.2 Å². The smallest absolute Gasteiger partial charge is 0.0695 e. The molecule has 0 unspecified atom stereocenters. The molecule has 6 aromatic carbocycles. The first-order valence-corrected chi connectivity index (χ1v) is 20.7. The zero-order valence-corrected chi connectivity index (χ0v) is 36.2. The predicted octanol–water partition coefficient (Wildman–Crippen LogP) is 13.3. The lowest BCUT2D eigenvalue weighted by atomic mass is 10.0. The van der Waals surface area contributed by atoms with Crippen LogP contribution in [0, 0.1) is 0 Å². The van der Waals surface area contributed by atoms with E-state index >= 15 is 0 Å². The molecule has 0 N–H and O–H groups in total. The molecule has 0 aromatic heterocycles. The second-order valence-electron chi connectivity index (χ2n) is 14.6. The van der Waals surface area contributed by atoms with Gasteiger partial charge in [0.2, 0.25) is 0 Å². The van der Waals surface area contributed by atoms with Gasteiger partial charge in [0.1, 0.15) is 0 Å². The molecule has 0 spiro atoms. The molecular weight excluding hydrogens is 743 g/mol. The number of rotatable bonds is 16. The van der Waals surface area contributed by atoms with Crippen LogP contribution in [0.2, 0.25) is 10.0 Å². The van der Waals surface area contributed by atoms with Gasteiger partial charge < -0.3 is 29.4 Å². The van der Waals surface area contributed by atoms with Crippen LogP contribution in [0.1, 0.15) is 38.8 Å². The second kappa shape index (κ2) is 18.8. The molecule has 0 bridgehead atoms. The topological polar surface area (TPSA) is 19.4 Å². The van der Waals surface area contributed by atoms with Gasteiger partial charge in [-0.25, -0.2) is 0 Å². The van der Waals surface area contributed by atoms with Crippen LogP contribution in [-0.4, -0.2) is 54.4 Å². The zero-order chi connectivity index (χ0) is 40.6. The molecule has 0 saturated heterocycles. The van der Waals surface area contributed by atoms with Gasteiger partial charge in [-0.1, -0.05) is 71.7 Å². The molecular formula is C49H56Cl2N6. The van der Waals surface area contributed by atoms with E-state index in [0.717, 1.165) is 82.8 Å². The number of nitrogens with zero attached hydrogens (tertiary/aromatic N) is 6. The van der Waals surface area contributed by atoms with Gasteiger partial charge in [0, 0.05) is 77.1 Å². The predicted molar refractivity (Wildman–Crippen MR) is 251 cm³/mol. The van der Waals surface area contributed by atoms with Gasteiger partial charge in [0.25, 0.3) is 0 Å². The third-order valence-corrected chi connectivity index (χ3v) is 11.2. The molecule has 6 aromatic rings. The fraction of sp³-hybridized carbons (Fsp3) is 0.265. The lowest BCUT2D eigenvalue weighted by Crippen LogP contribution is -2.22. The van der Waals surface area contributed by atoms with Gasteiger partial charge in [-0.3, -0.25) is 0 Å². The van der Waals surface area contributed by atoms with Gasteiger partial charge in [-0.05, 0) is 130 Å². The summed E-state index contributed by atoms with van der Waals surface area (Å²) in [6.07, 6.45) is 0.678. The number of hydrogen-bond donors (Lipinski definition) is 0. The number of para-hydroxylation sites is 4. The standard InChI is InChI=1S/C49H56Cl2N6/c1-9-54(10-2)38-19-17-21-40(34-38)56(48-25-15-13-23-46(48)52(5)6)44-29-27-36(32-42(44)50)31-37-28-30-45(43(51)33-37)57(49-26-16-14-24-47(49)53(7)8)41-22-18-20-39(35-41)55(11-3)12-4/h13-30,32-35H,9-12,31H2,1-8H3. The minimum Gasteiger partial charge on any atom is -0.376 e. The summed E-state index contributed by atoms with van der Waals surface area (Å²) in [5.41, 5.74) is 12.8. The molecule has 0 heterocycles. The molecule has 0 aliphatic carbocycles. The Morgan fingerprint density at radius 2 is 0.719 bits per heavy atom. The average molecular weight is 800 g/mol. The Hall–Kier alpha value is -5.30. The van der Waals surface area contributed by atoms with Crippen LogP contribution in [0.5, 0.6) is 0 Å². The first-order valence-electron chi connectivity index (χ1n) is 20.0. The molecule has 0 aliphatic rings. The summed E-state index contributed by atoms with van der Waals surface area (Å²) in [5, 5.41) is 1.35. The largest absolute Gasteiger partial charge is 0.376 e. The maximum absolute atomic E-state index is 7.30. The Bertz CT molecular complexity index is 2100. The third-order valence-electron chi connectivity index (χ3n) is 10.6. The van der Waals surface area contributed by atoms with Crippen molar-refractivity contribution in [1.29, 1.82) is 0 Å². The SMILES string of the molecule is CCN(CC)c1cccc(N(c2ccc(Cc3ccc(N(c4cccc(N(CC)CC)c4)c4ccccc4N(C)C)c(Cl)c3)cc2Cl)c2ccccc2N(C)C)c1. The molecule has 57 heavy (non-hydrogen) atoms. The number of halogens is 2. The van der Waals surface area contributed by atoms with E-state index in [2.05, 4.69) is 219 Å². The van der Waals surface area contributed by atoms with Crippen molar-refractivity contribution < 1.29 is 0 Å². The van der Waals surface area contributed by atoms with Gasteiger partial charge in [-0.2, -0.15) is 0 Å². The highest BCUT2D eigenvalue weighted by Gasteiger charge is 2.23. The molecule has 0 aliphatic heterocycles. The van der Waals surface area contributed by atoms with Crippen molar-refractivity contribution in [3.8, 4) is 0 Å². The van der Waals surface area contributed by atoms with Crippen molar-refractivity contribution in [3.63, 3.8) is 0 Å². The summed E-state index contributed by atoms with van der Waals surface area (Å²) in [6.45, 7) is 12.5. The van der Waals surface area contributed by atoms with Crippen molar-refractivity contribution in [2.75, 3.05) is 83.8 Å². The van der Waals surface area contributed by atoms with Crippen molar-refractivity contribution in [1.82, 2.24) is 0 Å². The van der Waals surface area contributed by atoms with Crippen LogP contribution in [-0.2, 0) is 6.42 Å². The van der Waals surface area contributed by atoms with E-state index in [9.17, 15) is 0 Å². The van der Waals surface area contributed by atoms with Crippen molar-refractivity contribution in [3.05, 3.63) is 155 Å². The molecule has 6 rings (SSSR count). The fourth-order valence-electron chi connectivity index (χ4n) is 7.63. The van der Waals surface area contributed by atoms with Gasteiger partial charge in [0.15, 0.2) is 0 Å². The summed E-state index contributed by atoms with van der Waals surface area (Å²) in [4.78, 5) is 13.6. The summed E-state index contributed by atoms with van der Waals surface area (Å²) >= 11 is 14.6. The Kier molecular flexibility index (Phi) is 13.6. The first-order chi connectivity index (χ1) is 27.6. The molecule has 6 nitrogen and oxygen atoms in total. The Morgan fingerprint density at radius 1 is 0.368 bits per heavy atom. The molecule has 0 saturated carbocycles. The normalized spacial score (nSPS) is 11.0. The minimum absolute atomic E-state index is 0.677. The maximum Gasteiger partial charge on any atom is 0.0695 e. The summed E-state index contributed by atoms with van der Waals surface area (Å²) in [7, 11) is 8.31. The molecule has 0 atom stereocenters. The lowest BCUT2D eigenvalue weighted by molar-refractivity contribution is 0.866. The van der Waals surface area contributed by atoms with Gasteiger partial charge in [-0.15, -0.1) is 0 Å². The van der Waals surface area contributed by atoms with Crippen molar-refractivity contribution in [2.24, 2.45) is 0 Å². The number of anilines is 10. The minimum atomic E-state index is 0.677. The van der Waals surface area contributed by atoms with Crippen LogP contribution in [0.15, 0.2) is 133 Å². The quantitative estimate of drug-likeness (QED) is 0.0964. The zero-order valence-electron chi connectivity index (χ0n) is 34.7. The molecule has 8 heteroatoms. The second-order valence-corrected chi connectivity index (χ2v) is 15.4. The van der Waals surface area contributed by atoms with Crippen LogP contribution in [0.25, 0.3) is 0 Å². The molecule has 296 valence electrons. The Morgan fingerprint density at radius 3 is 1.05 bits per heavy atom. The van der Waals surface area contributed by atoms with Crippen LogP contribution in [0.4, 0.5) is 56.9 Å². The van der Waals surface area contributed by atoms with Crippen LogP contribution in [0.3, 0.4) is 0 Å². The third kappa shape index (κ3) is 9.14. The maximum atomic E-state index is 7.30. The average Bonchev–Trinajstić information content (AvgIpc) is 3.21. The molecule has 0 radical (unpaired) electrons. The summed E-state index contributed by atoms with van der Waals surface area (Å²) in [5.74, 6) is 0. The highest BCUT2D eigenvalue weighted by molar-refractivity contribution is 6.34. The lowest BCUT2D eigenvalue weighted by Gasteiger charge is -2.32. The fourth-order valence-corrected chi connectivity index (χ4v) is 8.21. The highest BCUT2D eigenvalue weighted by Crippen LogP contribution is 2.46. The van der Waals surface area contributed by atoms with Crippen LogP contribution < -0.4 is 29.4 Å².